The molecule has 7 heteroatoms. The number of aldehydes is 1. The lowest BCUT2D eigenvalue weighted by Crippen LogP contribution is -2.29. The summed E-state index contributed by atoms with van der Waals surface area (Å²) in [4.78, 5) is 35.7. The molecule has 0 radical (unpaired) electrons. The SMILES string of the molecule is NC(=O)C1CC(=O)N(c2c(Br)cc(Br)cc2C=O)C1. The minimum absolute atomic E-state index is 0.0795. The molecule has 1 aromatic rings. The summed E-state index contributed by atoms with van der Waals surface area (Å²) in [6.45, 7) is 0.204. The van der Waals surface area contributed by atoms with Crippen LogP contribution in [0.15, 0.2) is 21.1 Å². The van der Waals surface area contributed by atoms with E-state index in [0.717, 1.165) is 4.47 Å². The van der Waals surface area contributed by atoms with Gasteiger partial charge in [0, 0.05) is 27.5 Å². The first kappa shape index (κ1) is 14.2. The third-order valence-corrected chi connectivity index (χ3v) is 4.04. The fourth-order valence-electron chi connectivity index (χ4n) is 2.07. The van der Waals surface area contributed by atoms with Crippen molar-refractivity contribution < 1.29 is 14.4 Å². The van der Waals surface area contributed by atoms with Crippen molar-refractivity contribution in [1.29, 1.82) is 0 Å². The Hall–Kier alpha value is -1.21. The Morgan fingerprint density at radius 2 is 2.11 bits per heavy atom. The van der Waals surface area contributed by atoms with E-state index in [9.17, 15) is 14.4 Å². The highest BCUT2D eigenvalue weighted by molar-refractivity contribution is 9.11. The number of primary amides is 1. The Kier molecular flexibility index (Phi) is 4.05. The standard InChI is InChI=1S/C12H10Br2N2O3/c13-8-1-7(5-17)11(9(14)3-8)16-4-6(12(15)19)2-10(16)18/h1,3,5-6H,2,4H2,(H2,15,19). The van der Waals surface area contributed by atoms with Crippen LogP contribution in [0.3, 0.4) is 0 Å². The van der Waals surface area contributed by atoms with Crippen molar-refractivity contribution in [3.63, 3.8) is 0 Å². The van der Waals surface area contributed by atoms with Gasteiger partial charge in [-0.3, -0.25) is 14.4 Å². The average molecular weight is 390 g/mol. The second kappa shape index (κ2) is 5.42. The fraction of sp³-hybridized carbons (Fsp3) is 0.250. The number of nitrogens with zero attached hydrogens (tertiary/aromatic N) is 1. The second-order valence-electron chi connectivity index (χ2n) is 4.25. The lowest BCUT2D eigenvalue weighted by molar-refractivity contribution is -0.123. The normalized spacial score (nSPS) is 18.7. The third-order valence-electron chi connectivity index (χ3n) is 2.98. The summed E-state index contributed by atoms with van der Waals surface area (Å²) in [7, 11) is 0. The quantitative estimate of drug-likeness (QED) is 0.801. The molecule has 1 heterocycles. The summed E-state index contributed by atoms with van der Waals surface area (Å²) < 4.78 is 1.34. The van der Waals surface area contributed by atoms with E-state index in [1.165, 1.54) is 4.90 Å². The summed E-state index contributed by atoms with van der Waals surface area (Å²) in [5, 5.41) is 0. The van der Waals surface area contributed by atoms with Crippen molar-refractivity contribution >= 4 is 55.6 Å². The second-order valence-corrected chi connectivity index (χ2v) is 6.02. The van der Waals surface area contributed by atoms with E-state index < -0.39 is 11.8 Å². The number of halogens is 2. The molecule has 1 aliphatic heterocycles. The number of anilines is 1. The highest BCUT2D eigenvalue weighted by Crippen LogP contribution is 2.36. The molecule has 0 spiro atoms. The van der Waals surface area contributed by atoms with E-state index in [1.54, 1.807) is 12.1 Å². The number of hydrogen-bond acceptors (Lipinski definition) is 3. The molecule has 19 heavy (non-hydrogen) atoms. The Labute approximate surface area is 126 Å². The molecule has 2 amide bonds. The van der Waals surface area contributed by atoms with Crippen LogP contribution < -0.4 is 10.6 Å². The number of amides is 2. The van der Waals surface area contributed by atoms with Crippen LogP contribution >= 0.6 is 31.9 Å². The zero-order valence-electron chi connectivity index (χ0n) is 9.73. The van der Waals surface area contributed by atoms with Crippen LogP contribution in [-0.2, 0) is 9.59 Å². The largest absolute Gasteiger partial charge is 0.369 e. The first-order valence-electron chi connectivity index (χ1n) is 5.48. The van der Waals surface area contributed by atoms with Gasteiger partial charge in [0.25, 0.3) is 0 Å². The number of carbonyl (C=O) groups excluding carboxylic acids is 3. The molecule has 2 rings (SSSR count). The van der Waals surface area contributed by atoms with Crippen molar-refractivity contribution in [2.75, 3.05) is 11.4 Å². The molecule has 1 saturated heterocycles. The van der Waals surface area contributed by atoms with E-state index in [0.29, 0.717) is 22.0 Å². The maximum Gasteiger partial charge on any atom is 0.227 e. The first-order chi connectivity index (χ1) is 8.93. The molecule has 1 aromatic carbocycles. The van der Waals surface area contributed by atoms with E-state index in [1.807, 2.05) is 0 Å². The molecule has 0 saturated carbocycles. The van der Waals surface area contributed by atoms with Gasteiger partial charge in [0.05, 0.1) is 11.6 Å². The minimum atomic E-state index is -0.512. The molecular weight excluding hydrogens is 380 g/mol. The smallest absolute Gasteiger partial charge is 0.227 e. The molecule has 0 aliphatic carbocycles. The van der Waals surface area contributed by atoms with Gasteiger partial charge < -0.3 is 10.6 Å². The van der Waals surface area contributed by atoms with Crippen LogP contribution in [0, 0.1) is 5.92 Å². The molecule has 1 fully saturated rings. The van der Waals surface area contributed by atoms with Crippen LogP contribution in [-0.4, -0.2) is 24.6 Å². The lowest BCUT2D eigenvalue weighted by atomic mass is 10.1. The molecule has 2 N–H and O–H groups in total. The van der Waals surface area contributed by atoms with Crippen LogP contribution in [0.4, 0.5) is 5.69 Å². The third kappa shape index (κ3) is 2.71. The van der Waals surface area contributed by atoms with Crippen LogP contribution in [0.5, 0.6) is 0 Å². The first-order valence-corrected chi connectivity index (χ1v) is 7.06. The topological polar surface area (TPSA) is 80.5 Å². The Bertz CT molecular complexity index is 574. The zero-order chi connectivity index (χ0) is 14.2. The van der Waals surface area contributed by atoms with Gasteiger partial charge in [0.1, 0.15) is 0 Å². The average Bonchev–Trinajstić information content (AvgIpc) is 2.70. The maximum absolute atomic E-state index is 12.0. The fourth-order valence-corrected chi connectivity index (χ4v) is 3.55. The maximum atomic E-state index is 12.0. The van der Waals surface area contributed by atoms with E-state index >= 15 is 0 Å². The summed E-state index contributed by atoms with van der Waals surface area (Å²) in [6.07, 6.45) is 0.756. The monoisotopic (exact) mass is 388 g/mol. The van der Waals surface area contributed by atoms with Crippen molar-refractivity contribution in [3.05, 3.63) is 26.6 Å². The molecular formula is C12H10Br2N2O3. The number of rotatable bonds is 3. The molecule has 100 valence electrons. The minimum Gasteiger partial charge on any atom is -0.369 e. The lowest BCUT2D eigenvalue weighted by Gasteiger charge is -2.20. The number of benzene rings is 1. The molecule has 0 aromatic heterocycles. The van der Waals surface area contributed by atoms with Gasteiger partial charge in [-0.1, -0.05) is 15.9 Å². The molecule has 1 aliphatic rings. The van der Waals surface area contributed by atoms with Crippen LogP contribution in [0.2, 0.25) is 0 Å². The van der Waals surface area contributed by atoms with Gasteiger partial charge in [-0.25, -0.2) is 0 Å². The van der Waals surface area contributed by atoms with Crippen LogP contribution in [0.25, 0.3) is 0 Å². The van der Waals surface area contributed by atoms with Gasteiger partial charge in [-0.15, -0.1) is 0 Å². The van der Waals surface area contributed by atoms with Gasteiger partial charge >= 0.3 is 0 Å². The highest BCUT2D eigenvalue weighted by atomic mass is 79.9. The van der Waals surface area contributed by atoms with Crippen molar-refractivity contribution in [2.24, 2.45) is 11.7 Å². The predicted molar refractivity (Wildman–Crippen MR) is 76.9 cm³/mol. The van der Waals surface area contributed by atoms with Gasteiger partial charge in [-0.2, -0.15) is 0 Å². The van der Waals surface area contributed by atoms with E-state index in [-0.39, 0.29) is 18.9 Å². The number of carbonyl (C=O) groups is 3. The van der Waals surface area contributed by atoms with E-state index in [4.69, 9.17) is 5.73 Å². The Morgan fingerprint density at radius 1 is 1.42 bits per heavy atom. The summed E-state index contributed by atoms with van der Waals surface area (Å²) in [5.74, 6) is -1.23. The summed E-state index contributed by atoms with van der Waals surface area (Å²) in [5.41, 5.74) is 6.08. The number of nitrogens with two attached hydrogens (primary N) is 1. The molecule has 1 unspecified atom stereocenters. The van der Waals surface area contributed by atoms with Crippen molar-refractivity contribution in [2.45, 2.75) is 6.42 Å². The van der Waals surface area contributed by atoms with E-state index in [2.05, 4.69) is 31.9 Å². The van der Waals surface area contributed by atoms with Gasteiger partial charge in [-0.05, 0) is 28.1 Å². The van der Waals surface area contributed by atoms with Crippen molar-refractivity contribution in [3.8, 4) is 0 Å². The molecule has 5 nitrogen and oxygen atoms in total. The van der Waals surface area contributed by atoms with Crippen LogP contribution in [0.1, 0.15) is 16.8 Å². The summed E-state index contributed by atoms with van der Waals surface area (Å²) >= 11 is 6.61. The Morgan fingerprint density at radius 3 is 2.63 bits per heavy atom. The zero-order valence-corrected chi connectivity index (χ0v) is 12.9. The number of hydrogen-bond donors (Lipinski definition) is 1. The summed E-state index contributed by atoms with van der Waals surface area (Å²) in [6, 6.07) is 3.37. The van der Waals surface area contributed by atoms with Gasteiger partial charge in [0.2, 0.25) is 11.8 Å². The van der Waals surface area contributed by atoms with Gasteiger partial charge in [0.15, 0.2) is 6.29 Å². The van der Waals surface area contributed by atoms with Crippen molar-refractivity contribution in [1.82, 2.24) is 0 Å². The predicted octanol–water partition coefficient (Wildman–Crippen LogP) is 1.86. The highest BCUT2D eigenvalue weighted by Gasteiger charge is 2.35. The molecule has 0 bridgehead atoms. The Balaban J connectivity index is 2.45. The molecule has 1 atom stereocenters.